The Kier molecular flexibility index (Phi) is 10.4. The molecule has 0 saturated carbocycles. The molecular formula is C21H34N2O7. The Labute approximate surface area is 176 Å². The molecule has 0 radical (unpaired) electrons. The highest BCUT2D eigenvalue weighted by Gasteiger charge is 2.33. The zero-order chi connectivity index (χ0) is 22.9. The van der Waals surface area contributed by atoms with Crippen LogP contribution in [0.5, 0.6) is 0 Å². The van der Waals surface area contributed by atoms with E-state index < -0.39 is 36.9 Å². The number of amides is 2. The van der Waals surface area contributed by atoms with Crippen molar-refractivity contribution >= 4 is 17.5 Å². The molecule has 9 heteroatoms. The molecule has 0 aromatic heterocycles. The Balaban J connectivity index is 2.33. The molecule has 2 amide bonds. The van der Waals surface area contributed by atoms with Crippen LogP contribution in [0.1, 0.15) is 45.6 Å². The van der Waals surface area contributed by atoms with Gasteiger partial charge in [0.05, 0.1) is 6.61 Å². The van der Waals surface area contributed by atoms with Crippen molar-refractivity contribution in [1.82, 2.24) is 5.32 Å². The number of unbranched alkanes of at least 4 members (excludes halogenated alkanes) is 1. The predicted octanol–water partition coefficient (Wildman–Crippen LogP) is -0.355. The van der Waals surface area contributed by atoms with Crippen LogP contribution in [-0.2, 0) is 15.0 Å². The van der Waals surface area contributed by atoms with E-state index in [1.807, 2.05) is 24.3 Å². The molecule has 1 aromatic rings. The van der Waals surface area contributed by atoms with Crippen LogP contribution in [-0.4, -0.2) is 74.9 Å². The van der Waals surface area contributed by atoms with Gasteiger partial charge >= 0.3 is 0 Å². The maximum atomic E-state index is 12.1. The summed E-state index contributed by atoms with van der Waals surface area (Å²) >= 11 is 0. The largest absolute Gasteiger partial charge is 0.394 e. The lowest BCUT2D eigenvalue weighted by molar-refractivity contribution is -0.148. The highest BCUT2D eigenvalue weighted by molar-refractivity contribution is 5.90. The summed E-state index contributed by atoms with van der Waals surface area (Å²) in [4.78, 5) is 23.9. The Morgan fingerprint density at radius 3 is 2.30 bits per heavy atom. The summed E-state index contributed by atoms with van der Waals surface area (Å²) in [5.74, 6) is -1.07. The van der Waals surface area contributed by atoms with Gasteiger partial charge in [0.1, 0.15) is 18.3 Å². The van der Waals surface area contributed by atoms with E-state index in [4.69, 9.17) is 5.11 Å². The third-order valence-corrected chi connectivity index (χ3v) is 4.67. The molecule has 9 nitrogen and oxygen atoms in total. The topological polar surface area (TPSA) is 159 Å². The molecule has 0 saturated heterocycles. The molecule has 1 rings (SSSR count). The van der Waals surface area contributed by atoms with Gasteiger partial charge in [0, 0.05) is 18.7 Å². The van der Waals surface area contributed by atoms with Crippen molar-refractivity contribution in [2.45, 2.75) is 69.9 Å². The second-order valence-electron chi connectivity index (χ2n) is 8.30. The molecule has 1 aromatic carbocycles. The summed E-state index contributed by atoms with van der Waals surface area (Å²) in [5.41, 5.74) is 1.81. The first kappa shape index (κ1) is 26.0. The molecule has 170 valence electrons. The normalized spacial score (nSPS) is 15.7. The van der Waals surface area contributed by atoms with E-state index >= 15 is 0 Å². The minimum Gasteiger partial charge on any atom is -0.394 e. The number of aliphatic hydroxyl groups is 5. The van der Waals surface area contributed by atoms with E-state index in [9.17, 15) is 30.0 Å². The number of anilines is 1. The Bertz CT molecular complexity index is 690. The van der Waals surface area contributed by atoms with Crippen LogP contribution in [0.4, 0.5) is 5.69 Å². The van der Waals surface area contributed by atoms with Crippen LogP contribution in [0.25, 0.3) is 0 Å². The third kappa shape index (κ3) is 8.37. The molecule has 0 bridgehead atoms. The summed E-state index contributed by atoms with van der Waals surface area (Å²) in [6.07, 6.45) is -6.23. The number of carbonyl (C=O) groups excluding carboxylic acids is 2. The smallest absolute Gasteiger partial charge is 0.251 e. The highest BCUT2D eigenvalue weighted by Crippen LogP contribution is 2.24. The predicted molar refractivity (Wildman–Crippen MR) is 112 cm³/mol. The highest BCUT2D eigenvalue weighted by atomic mass is 16.4. The second-order valence-corrected chi connectivity index (χ2v) is 8.30. The van der Waals surface area contributed by atoms with Crippen LogP contribution < -0.4 is 10.6 Å². The summed E-state index contributed by atoms with van der Waals surface area (Å²) in [5, 5.41) is 52.1. The minimum atomic E-state index is -1.96. The summed E-state index contributed by atoms with van der Waals surface area (Å²) in [6.45, 7) is 5.61. The van der Waals surface area contributed by atoms with Crippen molar-refractivity contribution in [3.8, 4) is 0 Å². The number of rotatable bonds is 11. The zero-order valence-electron chi connectivity index (χ0n) is 17.7. The van der Waals surface area contributed by atoms with Crippen molar-refractivity contribution in [2.24, 2.45) is 0 Å². The van der Waals surface area contributed by atoms with E-state index in [-0.39, 0.29) is 24.3 Å². The molecule has 4 unspecified atom stereocenters. The molecule has 0 aliphatic carbocycles. The van der Waals surface area contributed by atoms with Gasteiger partial charge in [-0.05, 0) is 36.0 Å². The molecule has 0 spiro atoms. The Morgan fingerprint density at radius 2 is 1.70 bits per heavy atom. The number of aliphatic hydroxyl groups excluding tert-OH is 5. The quantitative estimate of drug-likeness (QED) is 0.238. The van der Waals surface area contributed by atoms with E-state index in [1.165, 1.54) is 0 Å². The van der Waals surface area contributed by atoms with Crippen LogP contribution in [0.2, 0.25) is 0 Å². The Hall–Kier alpha value is -2.04. The van der Waals surface area contributed by atoms with Gasteiger partial charge in [-0.25, -0.2) is 0 Å². The van der Waals surface area contributed by atoms with E-state index in [0.717, 1.165) is 11.3 Å². The number of carbonyl (C=O) groups is 2. The monoisotopic (exact) mass is 426 g/mol. The van der Waals surface area contributed by atoms with Crippen molar-refractivity contribution in [3.05, 3.63) is 29.8 Å². The SMILES string of the molecule is CC(C)(C)c1cccc(NC(=O)CCCCNC(=O)C(O)C(O)C(O)C(O)CO)c1. The molecule has 7 N–H and O–H groups in total. The van der Waals surface area contributed by atoms with E-state index in [1.54, 1.807) is 0 Å². The standard InChI is InChI=1S/C21H34N2O7/c1-21(2,3)13-7-6-8-14(11-13)23-16(26)9-4-5-10-22-20(30)19(29)18(28)17(27)15(25)12-24/h6-8,11,15,17-19,24-25,27-29H,4-5,9-10,12H2,1-3H3,(H,22,30)(H,23,26). The molecule has 0 aliphatic heterocycles. The molecule has 30 heavy (non-hydrogen) atoms. The summed E-state index contributed by atoms with van der Waals surface area (Å²) in [7, 11) is 0. The average Bonchev–Trinajstić information content (AvgIpc) is 2.70. The zero-order valence-corrected chi connectivity index (χ0v) is 17.7. The van der Waals surface area contributed by atoms with Gasteiger partial charge in [-0.1, -0.05) is 32.9 Å². The number of nitrogens with one attached hydrogen (secondary N) is 2. The summed E-state index contributed by atoms with van der Waals surface area (Å²) in [6, 6.07) is 7.66. The van der Waals surface area contributed by atoms with Crippen LogP contribution in [0.3, 0.4) is 0 Å². The van der Waals surface area contributed by atoms with Crippen molar-refractivity contribution in [1.29, 1.82) is 0 Å². The minimum absolute atomic E-state index is 0.0245. The molecular weight excluding hydrogens is 392 g/mol. The first-order chi connectivity index (χ1) is 14.0. The van der Waals surface area contributed by atoms with Crippen LogP contribution in [0, 0.1) is 0 Å². The van der Waals surface area contributed by atoms with Crippen molar-refractivity contribution in [2.75, 3.05) is 18.5 Å². The maximum absolute atomic E-state index is 12.1. The number of benzene rings is 1. The molecule has 4 atom stereocenters. The maximum Gasteiger partial charge on any atom is 0.251 e. The fourth-order valence-electron chi connectivity index (χ4n) is 2.69. The third-order valence-electron chi connectivity index (χ3n) is 4.67. The Morgan fingerprint density at radius 1 is 1.03 bits per heavy atom. The first-order valence-corrected chi connectivity index (χ1v) is 9.98. The fraction of sp³-hybridized carbons (Fsp3) is 0.619. The fourth-order valence-corrected chi connectivity index (χ4v) is 2.69. The average molecular weight is 427 g/mol. The van der Waals surface area contributed by atoms with Gasteiger partial charge < -0.3 is 36.2 Å². The van der Waals surface area contributed by atoms with Crippen molar-refractivity contribution in [3.63, 3.8) is 0 Å². The lowest BCUT2D eigenvalue weighted by Gasteiger charge is -2.24. The molecule has 0 heterocycles. The number of hydrogen-bond acceptors (Lipinski definition) is 7. The molecule has 0 aliphatic rings. The second kappa shape index (κ2) is 12.0. The van der Waals surface area contributed by atoms with Gasteiger partial charge in [-0.3, -0.25) is 9.59 Å². The van der Waals surface area contributed by atoms with Gasteiger partial charge in [0.2, 0.25) is 5.91 Å². The first-order valence-electron chi connectivity index (χ1n) is 9.98. The molecule has 0 fully saturated rings. The summed E-state index contributed by atoms with van der Waals surface area (Å²) < 4.78 is 0. The number of hydrogen-bond donors (Lipinski definition) is 7. The van der Waals surface area contributed by atoms with Crippen molar-refractivity contribution < 1.29 is 35.1 Å². The van der Waals surface area contributed by atoms with Gasteiger partial charge in [-0.15, -0.1) is 0 Å². The van der Waals surface area contributed by atoms with E-state index in [2.05, 4.69) is 31.4 Å². The van der Waals surface area contributed by atoms with Gasteiger partial charge in [0.25, 0.3) is 5.91 Å². The lowest BCUT2D eigenvalue weighted by atomic mass is 9.87. The lowest BCUT2D eigenvalue weighted by Crippen LogP contribution is -2.51. The van der Waals surface area contributed by atoms with E-state index in [0.29, 0.717) is 12.8 Å². The van der Waals surface area contributed by atoms with Gasteiger partial charge in [-0.2, -0.15) is 0 Å². The van der Waals surface area contributed by atoms with Gasteiger partial charge in [0.15, 0.2) is 6.10 Å². The van der Waals surface area contributed by atoms with Crippen LogP contribution in [0.15, 0.2) is 24.3 Å². The van der Waals surface area contributed by atoms with Crippen LogP contribution >= 0.6 is 0 Å².